The van der Waals surface area contributed by atoms with Gasteiger partial charge in [-0.15, -0.1) is 0 Å². The number of hydrogen-bond donors (Lipinski definition) is 2. The van der Waals surface area contributed by atoms with E-state index >= 15 is 0 Å². The molecule has 0 aromatic heterocycles. The minimum atomic E-state index is 0.00966. The lowest BCUT2D eigenvalue weighted by Crippen LogP contribution is -2.55. The first kappa shape index (κ1) is 14.2. The summed E-state index contributed by atoms with van der Waals surface area (Å²) in [6.07, 6.45) is 3.27. The Morgan fingerprint density at radius 3 is 2.57 bits per heavy atom. The number of nitrogens with zero attached hydrogens (tertiary/aromatic N) is 2. The fourth-order valence-corrected chi connectivity index (χ4v) is 3.18. The quantitative estimate of drug-likeness (QED) is 0.858. The smallest absolute Gasteiger partial charge is 0.239 e. The Labute approximate surface area is 125 Å². The average molecular weight is 289 g/mol. The molecule has 0 unspecified atom stereocenters. The van der Waals surface area contributed by atoms with Gasteiger partial charge in [-0.2, -0.15) is 0 Å². The number of carbonyl (C=O) groups is 1. The number of aromatic hydroxyl groups is 1. The van der Waals surface area contributed by atoms with Crippen LogP contribution in [0.1, 0.15) is 19.3 Å². The van der Waals surface area contributed by atoms with Crippen LogP contribution in [0.15, 0.2) is 24.3 Å². The summed E-state index contributed by atoms with van der Waals surface area (Å²) < 4.78 is 0. The van der Waals surface area contributed by atoms with Gasteiger partial charge >= 0.3 is 0 Å². The van der Waals surface area contributed by atoms with Crippen LogP contribution in [0.25, 0.3) is 0 Å². The number of rotatable bonds is 2. The number of amides is 1. The van der Waals surface area contributed by atoms with E-state index in [4.69, 9.17) is 0 Å². The first-order valence-corrected chi connectivity index (χ1v) is 7.81. The number of carbonyl (C=O) groups excluding carboxylic acids is 1. The van der Waals surface area contributed by atoms with Crippen molar-refractivity contribution in [2.45, 2.75) is 25.3 Å². The second-order valence-corrected chi connectivity index (χ2v) is 5.80. The van der Waals surface area contributed by atoms with Gasteiger partial charge in [0.05, 0.1) is 11.7 Å². The number of phenols is 1. The van der Waals surface area contributed by atoms with Crippen molar-refractivity contribution < 1.29 is 9.90 Å². The Morgan fingerprint density at radius 2 is 1.90 bits per heavy atom. The normalized spacial score (nSPS) is 23.1. The average Bonchev–Trinajstić information content (AvgIpc) is 2.56. The van der Waals surface area contributed by atoms with Gasteiger partial charge < -0.3 is 20.2 Å². The molecule has 114 valence electrons. The topological polar surface area (TPSA) is 55.8 Å². The first-order valence-electron chi connectivity index (χ1n) is 7.81. The lowest BCUT2D eigenvalue weighted by molar-refractivity contribution is -0.134. The van der Waals surface area contributed by atoms with Crippen molar-refractivity contribution in [2.24, 2.45) is 0 Å². The van der Waals surface area contributed by atoms with E-state index in [1.807, 2.05) is 23.1 Å². The second kappa shape index (κ2) is 6.35. The van der Waals surface area contributed by atoms with E-state index in [0.717, 1.165) is 51.3 Å². The molecule has 2 heterocycles. The molecule has 21 heavy (non-hydrogen) atoms. The largest absolute Gasteiger partial charge is 0.506 e. The van der Waals surface area contributed by atoms with Gasteiger partial charge in [0, 0.05) is 26.2 Å². The predicted molar refractivity (Wildman–Crippen MR) is 82.5 cm³/mol. The number of phenolic OH excluding ortho intramolecular Hbond substituents is 1. The van der Waals surface area contributed by atoms with E-state index in [1.165, 1.54) is 6.42 Å². The van der Waals surface area contributed by atoms with Gasteiger partial charge in [0.15, 0.2) is 0 Å². The number of nitrogens with one attached hydrogen (secondary N) is 1. The van der Waals surface area contributed by atoms with E-state index in [0.29, 0.717) is 5.75 Å². The van der Waals surface area contributed by atoms with Gasteiger partial charge in [-0.1, -0.05) is 18.6 Å². The van der Waals surface area contributed by atoms with Crippen molar-refractivity contribution in [3.05, 3.63) is 24.3 Å². The summed E-state index contributed by atoms with van der Waals surface area (Å²) in [5.74, 6) is 0.554. The molecule has 0 saturated carbocycles. The van der Waals surface area contributed by atoms with Crippen molar-refractivity contribution in [2.75, 3.05) is 37.6 Å². The van der Waals surface area contributed by atoms with Crippen LogP contribution in [0.3, 0.4) is 0 Å². The third-order valence-electron chi connectivity index (χ3n) is 4.42. The van der Waals surface area contributed by atoms with Gasteiger partial charge in [-0.3, -0.25) is 4.79 Å². The van der Waals surface area contributed by atoms with E-state index in [2.05, 4.69) is 10.2 Å². The molecule has 3 rings (SSSR count). The number of para-hydroxylation sites is 2. The van der Waals surface area contributed by atoms with Crippen molar-refractivity contribution in [1.29, 1.82) is 0 Å². The highest BCUT2D eigenvalue weighted by atomic mass is 16.3. The molecule has 2 aliphatic rings. The Hall–Kier alpha value is -1.75. The van der Waals surface area contributed by atoms with Crippen molar-refractivity contribution in [3.63, 3.8) is 0 Å². The van der Waals surface area contributed by atoms with Crippen molar-refractivity contribution in [1.82, 2.24) is 10.2 Å². The number of piperidine rings is 1. The maximum Gasteiger partial charge on any atom is 0.239 e. The number of anilines is 1. The zero-order chi connectivity index (χ0) is 14.7. The lowest BCUT2D eigenvalue weighted by atomic mass is 10.0. The molecule has 0 aliphatic carbocycles. The predicted octanol–water partition coefficient (Wildman–Crippen LogP) is 1.18. The molecule has 1 amide bonds. The van der Waals surface area contributed by atoms with E-state index in [1.54, 1.807) is 6.07 Å². The Bertz CT molecular complexity index is 492. The first-order chi connectivity index (χ1) is 10.3. The lowest BCUT2D eigenvalue weighted by Gasteiger charge is -2.38. The van der Waals surface area contributed by atoms with Gasteiger partial charge in [-0.05, 0) is 31.5 Å². The van der Waals surface area contributed by atoms with E-state index in [9.17, 15) is 9.90 Å². The molecular formula is C16H23N3O2. The van der Waals surface area contributed by atoms with Crippen LogP contribution in [0.2, 0.25) is 0 Å². The maximum atomic E-state index is 12.5. The third-order valence-corrected chi connectivity index (χ3v) is 4.42. The highest BCUT2D eigenvalue weighted by molar-refractivity contribution is 5.82. The highest BCUT2D eigenvalue weighted by Crippen LogP contribution is 2.27. The van der Waals surface area contributed by atoms with Gasteiger partial charge in [0.2, 0.25) is 5.91 Å². The van der Waals surface area contributed by atoms with Crippen LogP contribution >= 0.6 is 0 Å². The van der Waals surface area contributed by atoms with Gasteiger partial charge in [0.1, 0.15) is 5.75 Å². The van der Waals surface area contributed by atoms with Crippen LogP contribution in [-0.4, -0.2) is 54.7 Å². The number of benzene rings is 1. The van der Waals surface area contributed by atoms with Gasteiger partial charge in [0.25, 0.3) is 0 Å². The summed E-state index contributed by atoms with van der Waals surface area (Å²) in [7, 11) is 0. The van der Waals surface area contributed by atoms with Crippen LogP contribution in [-0.2, 0) is 4.79 Å². The Kier molecular flexibility index (Phi) is 4.29. The fraction of sp³-hybridized carbons (Fsp3) is 0.562. The molecule has 0 radical (unpaired) electrons. The molecule has 2 fully saturated rings. The van der Waals surface area contributed by atoms with Crippen LogP contribution in [0.5, 0.6) is 5.75 Å². The molecule has 2 aliphatic heterocycles. The summed E-state index contributed by atoms with van der Waals surface area (Å²) >= 11 is 0. The zero-order valence-electron chi connectivity index (χ0n) is 12.3. The van der Waals surface area contributed by atoms with Gasteiger partial charge in [-0.25, -0.2) is 0 Å². The van der Waals surface area contributed by atoms with Crippen LogP contribution in [0.4, 0.5) is 5.69 Å². The minimum absolute atomic E-state index is 0.00966. The molecule has 2 saturated heterocycles. The molecule has 0 bridgehead atoms. The van der Waals surface area contributed by atoms with E-state index in [-0.39, 0.29) is 11.9 Å². The number of piperazine rings is 1. The Balaban J connectivity index is 1.57. The molecule has 1 aromatic carbocycles. The summed E-state index contributed by atoms with van der Waals surface area (Å²) in [6.45, 7) is 3.96. The maximum absolute atomic E-state index is 12.5. The van der Waals surface area contributed by atoms with Crippen LogP contribution < -0.4 is 10.2 Å². The number of hydrogen-bond acceptors (Lipinski definition) is 4. The summed E-state index contributed by atoms with van der Waals surface area (Å²) in [6, 6.07) is 7.40. The monoisotopic (exact) mass is 289 g/mol. The molecule has 1 aromatic rings. The Morgan fingerprint density at radius 1 is 1.14 bits per heavy atom. The standard InChI is InChI=1S/C16H23N3O2/c20-15-7-2-1-6-14(15)18-9-11-19(12-10-18)16(21)13-5-3-4-8-17-13/h1-2,6-7,13,17,20H,3-5,8-12H2/t13-/m0/s1. The summed E-state index contributed by atoms with van der Waals surface area (Å²) in [5.41, 5.74) is 0.861. The third kappa shape index (κ3) is 3.13. The molecule has 1 atom stereocenters. The zero-order valence-corrected chi connectivity index (χ0v) is 12.3. The highest BCUT2D eigenvalue weighted by Gasteiger charge is 2.28. The summed E-state index contributed by atoms with van der Waals surface area (Å²) in [4.78, 5) is 16.6. The molecule has 2 N–H and O–H groups in total. The molecule has 0 spiro atoms. The fourth-order valence-electron chi connectivity index (χ4n) is 3.18. The second-order valence-electron chi connectivity index (χ2n) is 5.80. The van der Waals surface area contributed by atoms with Crippen molar-refractivity contribution in [3.8, 4) is 5.75 Å². The van der Waals surface area contributed by atoms with E-state index < -0.39 is 0 Å². The van der Waals surface area contributed by atoms with Crippen LogP contribution in [0, 0.1) is 0 Å². The molecule has 5 heteroatoms. The SMILES string of the molecule is O=C([C@@H]1CCCCN1)N1CCN(c2ccccc2O)CC1. The minimum Gasteiger partial charge on any atom is -0.506 e. The molecule has 5 nitrogen and oxygen atoms in total. The molecular weight excluding hydrogens is 266 g/mol. The summed E-state index contributed by atoms with van der Waals surface area (Å²) in [5, 5.41) is 13.2. The van der Waals surface area contributed by atoms with Crippen molar-refractivity contribution >= 4 is 11.6 Å².